The molecule has 1 aliphatic rings. The molecule has 1 fully saturated rings. The molecule has 0 aromatic heterocycles. The highest BCUT2D eigenvalue weighted by Gasteiger charge is 2.42. The minimum Gasteiger partial charge on any atom is -0.351 e. The molecular weight excluding hydrogens is 508 g/mol. The van der Waals surface area contributed by atoms with Gasteiger partial charge in [-0.3, -0.25) is 9.59 Å². The van der Waals surface area contributed by atoms with Gasteiger partial charge in [0, 0.05) is 32.7 Å². The maximum absolute atomic E-state index is 12.8. The minimum atomic E-state index is -0.0986. The molecule has 3 rings (SSSR count). The first-order valence-electron chi connectivity index (χ1n) is 10.2. The molecule has 2 atom stereocenters. The van der Waals surface area contributed by atoms with Crippen LogP contribution in [0.5, 0.6) is 0 Å². The van der Waals surface area contributed by atoms with E-state index >= 15 is 0 Å². The summed E-state index contributed by atoms with van der Waals surface area (Å²) in [4.78, 5) is 25.4. The van der Waals surface area contributed by atoms with Crippen LogP contribution in [0.3, 0.4) is 0 Å². The molecule has 2 aromatic carbocycles. The molecule has 2 N–H and O–H groups in total. The standard InChI is InChI=1S/C24H28Br2N2O2/c1-23(2)12-20(28-22(30)17-7-5-9-19(26)11-17)13-24(3,14-23)15-27-21(29)16-6-4-8-18(25)10-16/h4-11,20H,12-15H2,1-3H3,(H,27,29)(H,28,30). The third kappa shape index (κ3) is 6.17. The predicted molar refractivity (Wildman–Crippen MR) is 128 cm³/mol. The molecule has 2 amide bonds. The van der Waals surface area contributed by atoms with Crippen molar-refractivity contribution in [3.05, 3.63) is 68.6 Å². The van der Waals surface area contributed by atoms with Crippen molar-refractivity contribution in [1.82, 2.24) is 10.6 Å². The van der Waals surface area contributed by atoms with Crippen LogP contribution in [0.25, 0.3) is 0 Å². The Balaban J connectivity index is 1.67. The lowest BCUT2D eigenvalue weighted by atomic mass is 9.62. The Morgan fingerprint density at radius 1 is 0.933 bits per heavy atom. The second kappa shape index (κ2) is 9.23. The Bertz CT molecular complexity index is 944. The van der Waals surface area contributed by atoms with E-state index in [9.17, 15) is 9.59 Å². The molecule has 1 saturated carbocycles. The van der Waals surface area contributed by atoms with Crippen molar-refractivity contribution in [3.63, 3.8) is 0 Å². The van der Waals surface area contributed by atoms with Gasteiger partial charge in [0.25, 0.3) is 11.8 Å². The molecule has 0 aliphatic heterocycles. The third-order valence-corrected chi connectivity index (χ3v) is 6.61. The van der Waals surface area contributed by atoms with Crippen molar-refractivity contribution < 1.29 is 9.59 Å². The number of nitrogens with one attached hydrogen (secondary N) is 2. The summed E-state index contributed by atoms with van der Waals surface area (Å²) in [6.45, 7) is 7.25. The van der Waals surface area contributed by atoms with Crippen molar-refractivity contribution in [1.29, 1.82) is 0 Å². The molecule has 2 aromatic rings. The van der Waals surface area contributed by atoms with Gasteiger partial charge in [0.1, 0.15) is 0 Å². The molecule has 6 heteroatoms. The second-order valence-corrected chi connectivity index (χ2v) is 11.3. The van der Waals surface area contributed by atoms with Crippen molar-refractivity contribution in [2.24, 2.45) is 10.8 Å². The lowest BCUT2D eigenvalue weighted by Crippen LogP contribution is -2.50. The number of carbonyl (C=O) groups is 2. The number of hydrogen-bond donors (Lipinski definition) is 2. The van der Waals surface area contributed by atoms with E-state index in [4.69, 9.17) is 0 Å². The number of carbonyl (C=O) groups excluding carboxylic acids is 2. The first kappa shape index (κ1) is 23.0. The van der Waals surface area contributed by atoms with E-state index < -0.39 is 0 Å². The number of hydrogen-bond acceptors (Lipinski definition) is 2. The smallest absolute Gasteiger partial charge is 0.251 e. The second-order valence-electron chi connectivity index (χ2n) is 9.43. The largest absolute Gasteiger partial charge is 0.351 e. The summed E-state index contributed by atoms with van der Waals surface area (Å²) in [6, 6.07) is 14.9. The molecule has 160 valence electrons. The molecule has 0 spiro atoms. The minimum absolute atomic E-state index is 0.0560. The number of halogens is 2. The average Bonchev–Trinajstić information content (AvgIpc) is 2.64. The first-order chi connectivity index (χ1) is 14.1. The summed E-state index contributed by atoms with van der Waals surface area (Å²) < 4.78 is 1.77. The Labute approximate surface area is 195 Å². The van der Waals surface area contributed by atoms with E-state index in [0.717, 1.165) is 28.2 Å². The van der Waals surface area contributed by atoms with Crippen molar-refractivity contribution >= 4 is 43.7 Å². The molecule has 30 heavy (non-hydrogen) atoms. The third-order valence-electron chi connectivity index (χ3n) is 5.63. The van der Waals surface area contributed by atoms with Gasteiger partial charge in [-0.2, -0.15) is 0 Å². The summed E-state index contributed by atoms with van der Waals surface area (Å²) in [5.74, 6) is -0.129. The lowest BCUT2D eigenvalue weighted by Gasteiger charge is -2.47. The van der Waals surface area contributed by atoms with E-state index in [1.165, 1.54) is 0 Å². The SMILES string of the molecule is CC1(C)CC(NC(=O)c2cccc(Br)c2)CC(C)(CNC(=O)c2cccc(Br)c2)C1. The number of rotatable bonds is 5. The zero-order valence-corrected chi connectivity index (χ0v) is 20.8. The van der Waals surface area contributed by atoms with E-state index in [0.29, 0.717) is 17.7 Å². The highest BCUT2D eigenvalue weighted by Crippen LogP contribution is 2.45. The zero-order chi connectivity index (χ0) is 21.9. The molecular formula is C24H28Br2N2O2. The molecule has 0 bridgehead atoms. The topological polar surface area (TPSA) is 58.2 Å². The summed E-state index contributed by atoms with van der Waals surface area (Å²) >= 11 is 6.84. The van der Waals surface area contributed by atoms with E-state index in [1.54, 1.807) is 0 Å². The van der Waals surface area contributed by atoms with Crippen LogP contribution in [0.15, 0.2) is 57.5 Å². The molecule has 1 aliphatic carbocycles. The van der Waals surface area contributed by atoms with Crippen LogP contribution in [-0.2, 0) is 0 Å². The van der Waals surface area contributed by atoms with Crippen LogP contribution in [0.2, 0.25) is 0 Å². The molecule has 0 saturated heterocycles. The summed E-state index contributed by atoms with van der Waals surface area (Å²) in [5.41, 5.74) is 1.27. The first-order valence-corrected chi connectivity index (χ1v) is 11.7. The highest BCUT2D eigenvalue weighted by molar-refractivity contribution is 9.10. The highest BCUT2D eigenvalue weighted by atomic mass is 79.9. The van der Waals surface area contributed by atoms with E-state index in [1.807, 2.05) is 48.5 Å². The molecule has 4 nitrogen and oxygen atoms in total. The van der Waals surface area contributed by atoms with Gasteiger partial charge in [-0.25, -0.2) is 0 Å². The number of benzene rings is 2. The quantitative estimate of drug-likeness (QED) is 0.496. The van der Waals surface area contributed by atoms with E-state index in [-0.39, 0.29) is 28.7 Å². The molecule has 0 radical (unpaired) electrons. The summed E-state index contributed by atoms with van der Waals surface area (Å²) in [7, 11) is 0. The predicted octanol–water partition coefficient (Wildman–Crippen LogP) is 5.96. The van der Waals surface area contributed by atoms with Crippen molar-refractivity contribution in [3.8, 4) is 0 Å². The Morgan fingerprint density at radius 2 is 1.50 bits per heavy atom. The van der Waals surface area contributed by atoms with E-state index in [2.05, 4.69) is 63.3 Å². The molecule has 2 unspecified atom stereocenters. The van der Waals surface area contributed by atoms with Crippen LogP contribution in [0, 0.1) is 10.8 Å². The van der Waals surface area contributed by atoms with Gasteiger partial charge in [-0.05, 0) is 66.5 Å². The molecule has 0 heterocycles. The van der Waals surface area contributed by atoms with Gasteiger partial charge in [0.15, 0.2) is 0 Å². The van der Waals surface area contributed by atoms with Gasteiger partial charge in [-0.15, -0.1) is 0 Å². The maximum Gasteiger partial charge on any atom is 0.251 e. The van der Waals surface area contributed by atoms with Gasteiger partial charge in [-0.1, -0.05) is 64.8 Å². The fourth-order valence-electron chi connectivity index (χ4n) is 4.79. The van der Waals surface area contributed by atoms with Crippen molar-refractivity contribution in [2.45, 2.75) is 46.1 Å². The van der Waals surface area contributed by atoms with Crippen LogP contribution in [0.1, 0.15) is 60.7 Å². The lowest BCUT2D eigenvalue weighted by molar-refractivity contribution is 0.0592. The summed E-state index contributed by atoms with van der Waals surface area (Å²) in [6.07, 6.45) is 2.73. The van der Waals surface area contributed by atoms with Crippen LogP contribution >= 0.6 is 31.9 Å². The van der Waals surface area contributed by atoms with Crippen LogP contribution in [-0.4, -0.2) is 24.4 Å². The van der Waals surface area contributed by atoms with Crippen LogP contribution in [0.4, 0.5) is 0 Å². The Kier molecular flexibility index (Phi) is 7.08. The van der Waals surface area contributed by atoms with Crippen LogP contribution < -0.4 is 10.6 Å². The Morgan fingerprint density at radius 3 is 2.07 bits per heavy atom. The summed E-state index contributed by atoms with van der Waals surface area (Å²) in [5, 5.41) is 6.33. The monoisotopic (exact) mass is 534 g/mol. The van der Waals surface area contributed by atoms with Crippen molar-refractivity contribution in [2.75, 3.05) is 6.54 Å². The van der Waals surface area contributed by atoms with Gasteiger partial charge < -0.3 is 10.6 Å². The van der Waals surface area contributed by atoms with Gasteiger partial charge in [0.05, 0.1) is 0 Å². The average molecular weight is 536 g/mol. The Hall–Kier alpha value is -1.66. The fourth-order valence-corrected chi connectivity index (χ4v) is 5.59. The fraction of sp³-hybridized carbons (Fsp3) is 0.417. The van der Waals surface area contributed by atoms with Gasteiger partial charge >= 0.3 is 0 Å². The maximum atomic E-state index is 12.8. The van der Waals surface area contributed by atoms with Gasteiger partial charge in [0.2, 0.25) is 0 Å². The zero-order valence-electron chi connectivity index (χ0n) is 17.6. The normalized spacial score (nSPS) is 22.9. The number of amides is 2.